The normalized spacial score (nSPS) is 15.6. The first-order valence-corrected chi connectivity index (χ1v) is 11.7. The molecule has 0 aromatic rings. The number of aliphatic hydroxyl groups excluding tert-OH is 1. The van der Waals surface area contributed by atoms with Crippen LogP contribution in [0.4, 0.5) is 0 Å². The van der Waals surface area contributed by atoms with E-state index in [1.807, 2.05) is 13.3 Å². The lowest BCUT2D eigenvalue weighted by Crippen LogP contribution is -2.32. The van der Waals surface area contributed by atoms with Gasteiger partial charge in [-0.1, -0.05) is 0 Å². The molecule has 3 amide bonds. The van der Waals surface area contributed by atoms with Gasteiger partial charge in [0.1, 0.15) is 5.78 Å². The number of hydrogen-bond donors (Lipinski definition) is 3. The summed E-state index contributed by atoms with van der Waals surface area (Å²) < 4.78 is 10.5. The molecular weight excluding hydrogens is 426 g/mol. The van der Waals surface area contributed by atoms with Crippen LogP contribution in [-0.4, -0.2) is 105 Å². The van der Waals surface area contributed by atoms with Crippen LogP contribution in [0.15, 0.2) is 0 Å². The molecule has 180 valence electrons. The van der Waals surface area contributed by atoms with E-state index in [0.29, 0.717) is 58.8 Å². The maximum Gasteiger partial charge on any atom is 0.242 e. The molecule has 1 heterocycles. The zero-order valence-electron chi connectivity index (χ0n) is 18.8. The number of hydrogen-bond acceptors (Lipinski definition) is 9. The van der Waals surface area contributed by atoms with E-state index in [0.717, 1.165) is 6.54 Å². The third kappa shape index (κ3) is 15.0. The molecular formula is C20H37N3O7S. The highest BCUT2D eigenvalue weighted by molar-refractivity contribution is 8.00. The van der Waals surface area contributed by atoms with Gasteiger partial charge in [0.25, 0.3) is 0 Å². The molecule has 0 radical (unpaired) electrons. The lowest BCUT2D eigenvalue weighted by atomic mass is 10.2. The van der Waals surface area contributed by atoms with Gasteiger partial charge >= 0.3 is 0 Å². The number of carbonyl (C=O) groups excluding carboxylic acids is 4. The minimum absolute atomic E-state index is 0.0931. The van der Waals surface area contributed by atoms with Crippen LogP contribution < -0.4 is 10.6 Å². The number of carbonyl (C=O) groups is 4. The molecule has 1 aliphatic rings. The predicted octanol–water partition coefficient (Wildman–Crippen LogP) is -0.416. The van der Waals surface area contributed by atoms with Crippen LogP contribution in [0.3, 0.4) is 0 Å². The lowest BCUT2D eigenvalue weighted by Gasteiger charge is -2.13. The molecule has 1 saturated heterocycles. The lowest BCUT2D eigenvalue weighted by molar-refractivity contribution is -0.138. The van der Waals surface area contributed by atoms with Crippen molar-refractivity contribution in [2.75, 3.05) is 66.0 Å². The molecule has 1 unspecified atom stereocenters. The van der Waals surface area contributed by atoms with Gasteiger partial charge in [-0.15, -0.1) is 0 Å². The first-order valence-electron chi connectivity index (χ1n) is 10.4. The Morgan fingerprint density at radius 3 is 2.29 bits per heavy atom. The Morgan fingerprint density at radius 2 is 1.77 bits per heavy atom. The van der Waals surface area contributed by atoms with Crippen LogP contribution >= 0.6 is 11.8 Å². The number of nitrogens with zero attached hydrogens (tertiary/aromatic N) is 1. The summed E-state index contributed by atoms with van der Waals surface area (Å²) in [6, 6.07) is 0. The summed E-state index contributed by atoms with van der Waals surface area (Å²) in [6.07, 6.45) is 3.29. The summed E-state index contributed by atoms with van der Waals surface area (Å²) >= 11 is 1.41. The molecule has 0 spiro atoms. The van der Waals surface area contributed by atoms with Gasteiger partial charge < -0.3 is 30.0 Å². The number of likely N-dealkylation sites (tertiary alicyclic amines) is 1. The number of ether oxygens (including phenoxy) is 2. The SMILES string of the molecule is CNCCOCCOCCNC(=O)CCO.CSC1CC(=O)N(CCCC(C)=O)C1=O. The number of ketones is 1. The molecule has 11 heteroatoms. The minimum atomic E-state index is -0.213. The van der Waals surface area contributed by atoms with Crippen molar-refractivity contribution in [2.24, 2.45) is 0 Å². The van der Waals surface area contributed by atoms with Gasteiger partial charge in [0, 0.05) is 38.9 Å². The van der Waals surface area contributed by atoms with Crippen molar-refractivity contribution >= 4 is 35.3 Å². The second kappa shape index (κ2) is 19.2. The van der Waals surface area contributed by atoms with Crippen molar-refractivity contribution < 1.29 is 33.8 Å². The predicted molar refractivity (Wildman–Crippen MR) is 119 cm³/mol. The van der Waals surface area contributed by atoms with Crippen LogP contribution in [0.5, 0.6) is 0 Å². The molecule has 3 N–H and O–H groups in total. The van der Waals surface area contributed by atoms with E-state index in [2.05, 4.69) is 10.6 Å². The van der Waals surface area contributed by atoms with Gasteiger partial charge in [-0.2, -0.15) is 11.8 Å². The maximum absolute atomic E-state index is 11.6. The minimum Gasteiger partial charge on any atom is -0.396 e. The third-order valence-electron chi connectivity index (χ3n) is 4.17. The van der Waals surface area contributed by atoms with Crippen molar-refractivity contribution in [3.63, 3.8) is 0 Å². The number of Topliss-reactive ketones (excluding diaryl/α,β-unsaturated/α-hetero) is 1. The summed E-state index contributed by atoms with van der Waals surface area (Å²) in [5, 5.41) is 13.8. The number of aliphatic hydroxyl groups is 1. The number of imide groups is 1. The Balaban J connectivity index is 0.000000581. The molecule has 0 saturated carbocycles. The molecule has 0 aromatic carbocycles. The zero-order valence-corrected chi connectivity index (χ0v) is 19.6. The monoisotopic (exact) mass is 463 g/mol. The zero-order chi connectivity index (χ0) is 23.5. The van der Waals surface area contributed by atoms with E-state index < -0.39 is 0 Å². The summed E-state index contributed by atoms with van der Waals surface area (Å²) in [4.78, 5) is 45.9. The number of amides is 3. The van der Waals surface area contributed by atoms with Crippen LogP contribution in [0, 0.1) is 0 Å². The van der Waals surface area contributed by atoms with E-state index in [4.69, 9.17) is 14.6 Å². The third-order valence-corrected chi connectivity index (χ3v) is 5.11. The van der Waals surface area contributed by atoms with E-state index in [1.165, 1.54) is 23.6 Å². The van der Waals surface area contributed by atoms with Crippen molar-refractivity contribution in [3.8, 4) is 0 Å². The Morgan fingerprint density at radius 1 is 1.13 bits per heavy atom. The quantitative estimate of drug-likeness (QED) is 0.206. The largest absolute Gasteiger partial charge is 0.396 e. The topological polar surface area (TPSA) is 134 Å². The second-order valence-electron chi connectivity index (χ2n) is 6.77. The fourth-order valence-corrected chi connectivity index (χ4v) is 3.14. The smallest absolute Gasteiger partial charge is 0.242 e. The standard InChI is InChI=1S/C10H22N2O4.C10H15NO3S/c1-11-3-6-15-8-9-16-7-4-12-10(14)2-5-13;1-7(12)4-3-5-11-9(13)6-8(15-2)10(11)14/h11,13H,2-9H2,1H3,(H,12,14);8H,3-6H2,1-2H3. The van der Waals surface area contributed by atoms with Crippen molar-refractivity contribution in [2.45, 2.75) is 37.9 Å². The summed E-state index contributed by atoms with van der Waals surface area (Å²) in [7, 11) is 1.87. The highest BCUT2D eigenvalue weighted by Crippen LogP contribution is 2.23. The average molecular weight is 464 g/mol. The van der Waals surface area contributed by atoms with Crippen LogP contribution in [0.2, 0.25) is 0 Å². The number of nitrogens with one attached hydrogen (secondary N) is 2. The van der Waals surface area contributed by atoms with Gasteiger partial charge in [0.15, 0.2) is 0 Å². The maximum atomic E-state index is 11.6. The first-order chi connectivity index (χ1) is 14.9. The van der Waals surface area contributed by atoms with Gasteiger partial charge in [-0.25, -0.2) is 0 Å². The Labute approximate surface area is 188 Å². The molecule has 0 aromatic heterocycles. The molecule has 1 fully saturated rings. The van der Waals surface area contributed by atoms with Gasteiger partial charge in [0.2, 0.25) is 17.7 Å². The molecule has 0 aliphatic carbocycles. The molecule has 1 atom stereocenters. The molecule has 10 nitrogen and oxygen atoms in total. The number of thioether (sulfide) groups is 1. The van der Waals surface area contributed by atoms with Crippen LogP contribution in [0.1, 0.15) is 32.6 Å². The van der Waals surface area contributed by atoms with Gasteiger partial charge in [0.05, 0.1) is 38.3 Å². The summed E-state index contributed by atoms with van der Waals surface area (Å²) in [5.41, 5.74) is 0. The van der Waals surface area contributed by atoms with Gasteiger partial charge in [-0.05, 0) is 26.6 Å². The van der Waals surface area contributed by atoms with Gasteiger partial charge in [-0.3, -0.25) is 19.3 Å². The first kappa shape index (κ1) is 29.5. The molecule has 31 heavy (non-hydrogen) atoms. The molecule has 0 bridgehead atoms. The summed E-state index contributed by atoms with van der Waals surface area (Å²) in [5.74, 6) is -0.272. The fourth-order valence-electron chi connectivity index (χ4n) is 2.51. The van der Waals surface area contributed by atoms with E-state index in [1.54, 1.807) is 0 Å². The summed E-state index contributed by atoms with van der Waals surface area (Å²) in [6.45, 7) is 5.30. The van der Waals surface area contributed by atoms with Crippen molar-refractivity contribution in [1.29, 1.82) is 0 Å². The van der Waals surface area contributed by atoms with E-state index in [9.17, 15) is 19.2 Å². The Kier molecular flexibility index (Phi) is 18.2. The average Bonchev–Trinajstić information content (AvgIpc) is 3.00. The Bertz CT molecular complexity index is 549. The van der Waals surface area contributed by atoms with Crippen LogP contribution in [0.25, 0.3) is 0 Å². The van der Waals surface area contributed by atoms with Crippen molar-refractivity contribution in [1.82, 2.24) is 15.5 Å². The molecule has 1 rings (SSSR count). The second-order valence-corrected chi connectivity index (χ2v) is 7.81. The van der Waals surface area contributed by atoms with Crippen molar-refractivity contribution in [3.05, 3.63) is 0 Å². The van der Waals surface area contributed by atoms with E-state index in [-0.39, 0.29) is 41.8 Å². The highest BCUT2D eigenvalue weighted by Gasteiger charge is 2.37. The number of likely N-dealkylation sites (N-methyl/N-ethyl adjacent to an activating group) is 1. The fraction of sp³-hybridized carbons (Fsp3) is 0.800. The van der Waals surface area contributed by atoms with Crippen LogP contribution in [-0.2, 0) is 28.7 Å². The molecule has 1 aliphatic heterocycles. The van der Waals surface area contributed by atoms with E-state index >= 15 is 0 Å². The number of rotatable bonds is 16. The highest BCUT2D eigenvalue weighted by atomic mass is 32.2. The Hall–Kier alpha value is -1.53.